The van der Waals surface area contributed by atoms with Crippen LogP contribution < -0.4 is 0 Å². The third-order valence-electron chi connectivity index (χ3n) is 3.00. The van der Waals surface area contributed by atoms with E-state index in [4.69, 9.17) is 0 Å². The lowest BCUT2D eigenvalue weighted by Crippen LogP contribution is -2.09. The van der Waals surface area contributed by atoms with Gasteiger partial charge in [0.2, 0.25) is 0 Å². The van der Waals surface area contributed by atoms with E-state index in [2.05, 4.69) is 0 Å². The van der Waals surface area contributed by atoms with E-state index in [0.29, 0.717) is 5.56 Å². The van der Waals surface area contributed by atoms with Gasteiger partial charge in [0.1, 0.15) is 11.6 Å². The molecule has 1 nitrogen and oxygen atoms in total. The number of aryl methyl sites for hydroxylation is 3. The second-order valence-electron chi connectivity index (χ2n) is 4.76. The number of halogens is 2. The monoisotopic (exact) mass is 260 g/mol. The van der Waals surface area contributed by atoms with Crippen LogP contribution in [0, 0.1) is 32.4 Å². The van der Waals surface area contributed by atoms with E-state index in [-0.39, 0.29) is 5.56 Å². The molecule has 0 aliphatic carbocycles. The van der Waals surface area contributed by atoms with Crippen molar-refractivity contribution in [2.45, 2.75) is 20.8 Å². The highest BCUT2D eigenvalue weighted by Crippen LogP contribution is 2.21. The van der Waals surface area contributed by atoms with Gasteiger partial charge >= 0.3 is 0 Å². The van der Waals surface area contributed by atoms with Crippen LogP contribution in [0.25, 0.3) is 0 Å². The molecule has 0 spiro atoms. The van der Waals surface area contributed by atoms with Crippen molar-refractivity contribution in [2.75, 3.05) is 0 Å². The summed E-state index contributed by atoms with van der Waals surface area (Å²) in [5.74, 6) is -2.23. The highest BCUT2D eigenvalue weighted by Gasteiger charge is 2.20. The molecule has 0 saturated carbocycles. The smallest absolute Gasteiger partial charge is 0.198 e. The van der Waals surface area contributed by atoms with Gasteiger partial charge in [-0.25, -0.2) is 8.78 Å². The Morgan fingerprint density at radius 3 is 2.11 bits per heavy atom. The fraction of sp³-hybridized carbons (Fsp3) is 0.188. The number of rotatable bonds is 2. The van der Waals surface area contributed by atoms with Crippen LogP contribution in [-0.2, 0) is 0 Å². The van der Waals surface area contributed by atoms with Crippen molar-refractivity contribution >= 4 is 5.78 Å². The molecule has 19 heavy (non-hydrogen) atoms. The van der Waals surface area contributed by atoms with Gasteiger partial charge in [-0.3, -0.25) is 4.79 Å². The molecule has 0 bridgehead atoms. The molecule has 0 aliphatic heterocycles. The summed E-state index contributed by atoms with van der Waals surface area (Å²) in [4.78, 5) is 12.3. The molecule has 0 heterocycles. The maximum atomic E-state index is 13.9. The Balaban J connectivity index is 2.59. The van der Waals surface area contributed by atoms with Gasteiger partial charge in [0.15, 0.2) is 5.78 Å². The Bertz CT molecular complexity index is 640. The molecule has 0 aliphatic rings. The first-order valence-electron chi connectivity index (χ1n) is 5.97. The summed E-state index contributed by atoms with van der Waals surface area (Å²) in [7, 11) is 0. The minimum Gasteiger partial charge on any atom is -0.288 e. The Hall–Kier alpha value is -2.03. The van der Waals surface area contributed by atoms with E-state index in [9.17, 15) is 13.6 Å². The SMILES string of the molecule is Cc1cc(C)cc(C(=O)c2c(F)ccc(C)c2F)c1. The van der Waals surface area contributed by atoms with Gasteiger partial charge in [-0.05, 0) is 44.5 Å². The summed E-state index contributed by atoms with van der Waals surface area (Å²) in [5.41, 5.74) is 1.86. The van der Waals surface area contributed by atoms with E-state index in [1.54, 1.807) is 12.1 Å². The quantitative estimate of drug-likeness (QED) is 0.742. The van der Waals surface area contributed by atoms with Gasteiger partial charge in [0.05, 0.1) is 5.56 Å². The zero-order valence-corrected chi connectivity index (χ0v) is 11.1. The minimum atomic E-state index is -0.827. The van der Waals surface area contributed by atoms with E-state index >= 15 is 0 Å². The lowest BCUT2D eigenvalue weighted by molar-refractivity contribution is 0.103. The largest absolute Gasteiger partial charge is 0.288 e. The third-order valence-corrected chi connectivity index (χ3v) is 3.00. The Labute approximate surface area is 110 Å². The molecule has 2 rings (SSSR count). The van der Waals surface area contributed by atoms with Crippen molar-refractivity contribution in [3.8, 4) is 0 Å². The second-order valence-corrected chi connectivity index (χ2v) is 4.76. The van der Waals surface area contributed by atoms with E-state index < -0.39 is 23.0 Å². The maximum Gasteiger partial charge on any atom is 0.198 e. The van der Waals surface area contributed by atoms with Crippen molar-refractivity contribution in [3.63, 3.8) is 0 Å². The predicted octanol–water partition coefficient (Wildman–Crippen LogP) is 4.12. The molecule has 2 aromatic carbocycles. The first-order valence-corrected chi connectivity index (χ1v) is 5.97. The van der Waals surface area contributed by atoms with Gasteiger partial charge in [0.25, 0.3) is 0 Å². The molecular formula is C16H14F2O. The highest BCUT2D eigenvalue weighted by molar-refractivity contribution is 6.09. The average molecular weight is 260 g/mol. The van der Waals surface area contributed by atoms with E-state index in [0.717, 1.165) is 17.2 Å². The molecule has 0 unspecified atom stereocenters. The first kappa shape index (κ1) is 13.4. The molecule has 0 aromatic heterocycles. The van der Waals surface area contributed by atoms with Crippen molar-refractivity contribution < 1.29 is 13.6 Å². The van der Waals surface area contributed by atoms with Gasteiger partial charge in [-0.15, -0.1) is 0 Å². The Morgan fingerprint density at radius 2 is 1.53 bits per heavy atom. The molecule has 0 fully saturated rings. The molecule has 0 saturated heterocycles. The summed E-state index contributed by atoms with van der Waals surface area (Å²) in [6, 6.07) is 7.62. The van der Waals surface area contributed by atoms with Crippen LogP contribution in [0.1, 0.15) is 32.6 Å². The van der Waals surface area contributed by atoms with Crippen molar-refractivity contribution in [1.82, 2.24) is 0 Å². The molecule has 0 atom stereocenters. The van der Waals surface area contributed by atoms with Gasteiger partial charge in [-0.1, -0.05) is 23.3 Å². The van der Waals surface area contributed by atoms with Crippen LogP contribution in [0.3, 0.4) is 0 Å². The van der Waals surface area contributed by atoms with Crippen molar-refractivity contribution in [3.05, 3.63) is 69.8 Å². The van der Waals surface area contributed by atoms with Crippen LogP contribution in [0.5, 0.6) is 0 Å². The summed E-state index contributed by atoms with van der Waals surface area (Å²) in [6.45, 7) is 5.19. The average Bonchev–Trinajstić information content (AvgIpc) is 2.33. The topological polar surface area (TPSA) is 17.1 Å². The molecule has 0 N–H and O–H groups in total. The predicted molar refractivity (Wildman–Crippen MR) is 70.4 cm³/mol. The van der Waals surface area contributed by atoms with Crippen LogP contribution in [-0.4, -0.2) is 5.78 Å². The number of ketones is 1. The number of carbonyl (C=O) groups is 1. The molecule has 3 heteroatoms. The lowest BCUT2D eigenvalue weighted by atomic mass is 9.97. The second kappa shape index (κ2) is 4.92. The van der Waals surface area contributed by atoms with E-state index in [1.165, 1.54) is 13.0 Å². The number of benzene rings is 2. The van der Waals surface area contributed by atoms with Crippen molar-refractivity contribution in [1.29, 1.82) is 0 Å². The minimum absolute atomic E-state index is 0.258. The third kappa shape index (κ3) is 2.55. The van der Waals surface area contributed by atoms with Gasteiger partial charge in [0, 0.05) is 5.56 Å². The zero-order valence-electron chi connectivity index (χ0n) is 11.1. The van der Waals surface area contributed by atoms with Crippen LogP contribution >= 0.6 is 0 Å². The molecule has 98 valence electrons. The Kier molecular flexibility index (Phi) is 3.47. The zero-order chi connectivity index (χ0) is 14.2. The highest BCUT2D eigenvalue weighted by atomic mass is 19.1. The molecule has 2 aromatic rings. The molecular weight excluding hydrogens is 246 g/mol. The summed E-state index contributed by atoms with van der Waals surface area (Å²) >= 11 is 0. The van der Waals surface area contributed by atoms with Gasteiger partial charge < -0.3 is 0 Å². The molecule has 0 amide bonds. The lowest BCUT2D eigenvalue weighted by Gasteiger charge is -2.08. The normalized spacial score (nSPS) is 10.6. The first-order chi connectivity index (χ1) is 8.90. The van der Waals surface area contributed by atoms with E-state index in [1.807, 2.05) is 19.9 Å². The standard InChI is InChI=1S/C16H14F2O/c1-9-6-10(2)8-12(7-9)16(19)14-13(17)5-4-11(3)15(14)18/h4-8H,1-3H3. The van der Waals surface area contributed by atoms with Gasteiger partial charge in [-0.2, -0.15) is 0 Å². The van der Waals surface area contributed by atoms with Crippen LogP contribution in [0.2, 0.25) is 0 Å². The summed E-state index contributed by atoms with van der Waals surface area (Å²) in [6.07, 6.45) is 0. The number of carbonyl (C=O) groups excluding carboxylic acids is 1. The summed E-state index contributed by atoms with van der Waals surface area (Å²) < 4.78 is 27.6. The van der Waals surface area contributed by atoms with Crippen LogP contribution in [0.15, 0.2) is 30.3 Å². The maximum absolute atomic E-state index is 13.9. The number of hydrogen-bond donors (Lipinski definition) is 0. The fourth-order valence-corrected chi connectivity index (χ4v) is 2.11. The van der Waals surface area contributed by atoms with Crippen molar-refractivity contribution in [2.24, 2.45) is 0 Å². The summed E-state index contributed by atoms with van der Waals surface area (Å²) in [5, 5.41) is 0. The molecule has 0 radical (unpaired) electrons. The van der Waals surface area contributed by atoms with Crippen LogP contribution in [0.4, 0.5) is 8.78 Å². The Morgan fingerprint density at radius 1 is 0.947 bits per heavy atom. The fourth-order valence-electron chi connectivity index (χ4n) is 2.11. The number of hydrogen-bond acceptors (Lipinski definition) is 1.